The van der Waals surface area contributed by atoms with Crippen molar-refractivity contribution in [2.45, 2.75) is 30.5 Å². The molecule has 168 valence electrons. The number of aliphatic hydroxyl groups excluding tert-OH is 1. The van der Waals surface area contributed by atoms with Gasteiger partial charge < -0.3 is 10.0 Å². The van der Waals surface area contributed by atoms with Gasteiger partial charge in [-0.2, -0.15) is 22.0 Å². The van der Waals surface area contributed by atoms with Gasteiger partial charge in [-0.15, -0.1) is 0 Å². The highest BCUT2D eigenvalue weighted by Gasteiger charge is 2.59. The Kier molecular flexibility index (Phi) is 6.50. The molecule has 1 aromatic carbocycles. The molecule has 0 bridgehead atoms. The topological polar surface area (TPSA) is 36.4 Å². The third-order valence-electron chi connectivity index (χ3n) is 5.38. The molecular formula is C20H16Cl3F5N2O. The van der Waals surface area contributed by atoms with Gasteiger partial charge in [-0.05, 0) is 36.3 Å². The van der Waals surface area contributed by atoms with E-state index < -0.39 is 36.4 Å². The standard InChI is InChI=1S/C20H16Cl3F5N2O/c1-2-19(24,25)17-11(9-31)3-4-15(29-17)30-6-5-18(10-30,20(26,27)28)12-7-13(21)16(23)14(22)8-12/h2-4,7-8,31H,1,5-6,9-10H2. The Morgan fingerprint density at radius 2 is 1.74 bits per heavy atom. The average molecular weight is 502 g/mol. The summed E-state index contributed by atoms with van der Waals surface area (Å²) in [4.78, 5) is 5.12. The number of benzene rings is 1. The molecule has 1 saturated heterocycles. The minimum atomic E-state index is -4.69. The zero-order valence-electron chi connectivity index (χ0n) is 15.8. The number of hydrogen-bond donors (Lipinski definition) is 1. The summed E-state index contributed by atoms with van der Waals surface area (Å²) in [6.45, 7) is 1.66. The number of halogens is 8. The first-order valence-corrected chi connectivity index (χ1v) is 10.1. The molecule has 3 nitrogen and oxygen atoms in total. The van der Waals surface area contributed by atoms with Gasteiger partial charge in [0.2, 0.25) is 0 Å². The van der Waals surface area contributed by atoms with Gasteiger partial charge in [0.1, 0.15) is 16.9 Å². The molecule has 1 unspecified atom stereocenters. The van der Waals surface area contributed by atoms with Crippen molar-refractivity contribution < 1.29 is 27.1 Å². The average Bonchev–Trinajstić information content (AvgIpc) is 3.18. The fourth-order valence-corrected chi connectivity index (χ4v) is 4.23. The van der Waals surface area contributed by atoms with Crippen molar-refractivity contribution in [2.24, 2.45) is 0 Å². The Balaban J connectivity index is 2.07. The Bertz CT molecular complexity index is 992. The maximum absolute atomic E-state index is 14.3. The highest BCUT2D eigenvalue weighted by Crippen LogP contribution is 2.50. The minimum Gasteiger partial charge on any atom is -0.392 e. The van der Waals surface area contributed by atoms with E-state index in [0.717, 1.165) is 12.1 Å². The number of anilines is 1. The minimum absolute atomic E-state index is 0.0585. The molecule has 31 heavy (non-hydrogen) atoms. The highest BCUT2D eigenvalue weighted by molar-refractivity contribution is 6.48. The third kappa shape index (κ3) is 4.23. The van der Waals surface area contributed by atoms with Crippen LogP contribution in [0.1, 0.15) is 23.2 Å². The molecule has 2 aromatic rings. The lowest BCUT2D eigenvalue weighted by molar-refractivity contribution is -0.184. The van der Waals surface area contributed by atoms with Crippen LogP contribution in [0, 0.1) is 0 Å². The molecule has 1 aliphatic heterocycles. The fourth-order valence-electron chi connectivity index (χ4n) is 3.63. The molecule has 0 amide bonds. The second-order valence-corrected chi connectivity index (χ2v) is 8.36. The quantitative estimate of drug-likeness (QED) is 0.288. The van der Waals surface area contributed by atoms with Crippen LogP contribution in [0.2, 0.25) is 15.1 Å². The van der Waals surface area contributed by atoms with Crippen LogP contribution < -0.4 is 4.90 Å². The van der Waals surface area contributed by atoms with E-state index >= 15 is 0 Å². The predicted molar refractivity (Wildman–Crippen MR) is 110 cm³/mol. The summed E-state index contributed by atoms with van der Waals surface area (Å²) in [5, 5.41) is 9.04. The van der Waals surface area contributed by atoms with Gasteiger partial charge in [-0.3, -0.25) is 0 Å². The van der Waals surface area contributed by atoms with Crippen LogP contribution in [0.3, 0.4) is 0 Å². The molecule has 11 heteroatoms. The van der Waals surface area contributed by atoms with Crippen molar-refractivity contribution in [1.82, 2.24) is 4.98 Å². The van der Waals surface area contributed by atoms with Gasteiger partial charge >= 0.3 is 12.1 Å². The van der Waals surface area contributed by atoms with Gasteiger partial charge in [0, 0.05) is 18.7 Å². The second kappa shape index (κ2) is 8.39. The summed E-state index contributed by atoms with van der Waals surface area (Å²) in [5.41, 5.74) is -3.44. The van der Waals surface area contributed by atoms with E-state index in [0.29, 0.717) is 6.08 Å². The number of nitrogens with zero attached hydrogens (tertiary/aromatic N) is 2. The van der Waals surface area contributed by atoms with Crippen LogP contribution in [-0.4, -0.2) is 29.4 Å². The Labute approximate surface area is 190 Å². The van der Waals surface area contributed by atoms with Crippen molar-refractivity contribution in [1.29, 1.82) is 0 Å². The maximum atomic E-state index is 14.3. The zero-order valence-corrected chi connectivity index (χ0v) is 18.1. The first-order valence-electron chi connectivity index (χ1n) is 8.95. The van der Waals surface area contributed by atoms with Gasteiger partial charge in [0.05, 0.1) is 21.7 Å². The molecular weight excluding hydrogens is 486 g/mol. The highest BCUT2D eigenvalue weighted by atomic mass is 35.5. The summed E-state index contributed by atoms with van der Waals surface area (Å²) in [7, 11) is 0. The van der Waals surface area contributed by atoms with Gasteiger partial charge in [-0.25, -0.2) is 4.98 Å². The largest absolute Gasteiger partial charge is 0.400 e. The van der Waals surface area contributed by atoms with E-state index in [1.54, 1.807) is 0 Å². The number of aromatic nitrogens is 1. The first-order chi connectivity index (χ1) is 14.4. The van der Waals surface area contributed by atoms with Crippen molar-refractivity contribution >= 4 is 40.6 Å². The van der Waals surface area contributed by atoms with Crippen LogP contribution in [0.15, 0.2) is 36.9 Å². The summed E-state index contributed by atoms with van der Waals surface area (Å²) >= 11 is 17.8. The number of alkyl halides is 5. The lowest BCUT2D eigenvalue weighted by Gasteiger charge is -2.33. The SMILES string of the molecule is C=CC(F)(F)c1nc(N2CCC(c3cc(Cl)c(Cl)c(Cl)c3)(C(F)(F)F)C2)ccc1CO. The Morgan fingerprint density at radius 3 is 2.26 bits per heavy atom. The molecule has 1 aliphatic rings. The van der Waals surface area contributed by atoms with E-state index in [9.17, 15) is 27.1 Å². The third-order valence-corrected chi connectivity index (χ3v) is 6.58. The number of pyridine rings is 1. The van der Waals surface area contributed by atoms with Crippen LogP contribution >= 0.6 is 34.8 Å². The molecule has 1 N–H and O–H groups in total. The number of rotatable bonds is 5. The van der Waals surface area contributed by atoms with Crippen LogP contribution in [-0.2, 0) is 17.9 Å². The lowest BCUT2D eigenvalue weighted by atomic mass is 9.79. The molecule has 3 rings (SSSR count). The molecule has 1 atom stereocenters. The van der Waals surface area contributed by atoms with E-state index in [1.165, 1.54) is 17.0 Å². The van der Waals surface area contributed by atoms with Gasteiger partial charge in [0.25, 0.3) is 0 Å². The van der Waals surface area contributed by atoms with E-state index in [-0.39, 0.29) is 45.0 Å². The number of hydrogen-bond acceptors (Lipinski definition) is 3. The summed E-state index contributed by atoms with van der Waals surface area (Å²) < 4.78 is 71.2. The first kappa shape index (κ1) is 24.0. The molecule has 1 fully saturated rings. The summed E-state index contributed by atoms with van der Waals surface area (Å²) in [6.07, 6.45) is -4.71. The van der Waals surface area contributed by atoms with Crippen LogP contribution in [0.25, 0.3) is 0 Å². The second-order valence-electron chi connectivity index (χ2n) is 7.17. The Hall–Kier alpha value is -1.61. The molecule has 0 radical (unpaired) electrons. The monoisotopic (exact) mass is 500 g/mol. The molecule has 0 spiro atoms. The number of allylic oxidation sites excluding steroid dienone is 1. The normalized spacial score (nSPS) is 19.7. The molecule has 2 heterocycles. The van der Waals surface area contributed by atoms with E-state index in [4.69, 9.17) is 34.8 Å². The van der Waals surface area contributed by atoms with Crippen LogP contribution in [0.4, 0.5) is 27.8 Å². The van der Waals surface area contributed by atoms with Gasteiger partial charge in [0.15, 0.2) is 0 Å². The summed E-state index contributed by atoms with van der Waals surface area (Å²) in [5.74, 6) is -3.64. The van der Waals surface area contributed by atoms with Crippen molar-refractivity contribution in [3.63, 3.8) is 0 Å². The summed E-state index contributed by atoms with van der Waals surface area (Å²) in [6, 6.07) is 4.74. The van der Waals surface area contributed by atoms with Crippen molar-refractivity contribution in [3.8, 4) is 0 Å². The Morgan fingerprint density at radius 1 is 1.13 bits per heavy atom. The lowest BCUT2D eigenvalue weighted by Crippen LogP contribution is -2.45. The van der Waals surface area contributed by atoms with Crippen molar-refractivity contribution in [3.05, 3.63) is 68.8 Å². The smallest absolute Gasteiger partial charge is 0.392 e. The molecule has 0 aliphatic carbocycles. The fraction of sp³-hybridized carbons (Fsp3) is 0.350. The molecule has 1 aromatic heterocycles. The zero-order chi connectivity index (χ0) is 23.2. The van der Waals surface area contributed by atoms with E-state index in [2.05, 4.69) is 11.6 Å². The number of aliphatic hydroxyl groups is 1. The maximum Gasteiger partial charge on any atom is 0.400 e. The van der Waals surface area contributed by atoms with Crippen molar-refractivity contribution in [2.75, 3.05) is 18.0 Å². The molecule has 0 saturated carbocycles. The van der Waals surface area contributed by atoms with Gasteiger partial charge in [-0.1, -0.05) is 47.4 Å². The van der Waals surface area contributed by atoms with E-state index in [1.807, 2.05) is 0 Å². The van der Waals surface area contributed by atoms with Crippen LogP contribution in [0.5, 0.6) is 0 Å². The predicted octanol–water partition coefficient (Wildman–Crippen LogP) is 6.52.